The monoisotopic (exact) mass is 151 g/mol. The topological polar surface area (TPSA) is 0 Å². The summed E-state index contributed by atoms with van der Waals surface area (Å²) in [5.74, 6) is 1.42. The molecule has 0 spiro atoms. The first kappa shape index (κ1) is 15.8. The van der Waals surface area contributed by atoms with Crippen LogP contribution in [0.2, 0.25) is 0 Å². The second kappa shape index (κ2) is 15.6. The normalized spacial score (nSPS) is 6.75. The van der Waals surface area contributed by atoms with E-state index in [4.69, 9.17) is 0 Å². The summed E-state index contributed by atoms with van der Waals surface area (Å²) in [5, 5.41) is 0. The van der Waals surface area contributed by atoms with Gasteiger partial charge in [0, 0.05) is 0 Å². The molecule has 0 heterocycles. The Morgan fingerprint density at radius 1 is 1.25 bits per heavy atom. The second-order valence-corrected chi connectivity index (χ2v) is 2.00. The molecule has 0 aromatic rings. The molecule has 0 aromatic carbocycles. The molecule has 0 atom stereocenters. The van der Waals surface area contributed by atoms with Gasteiger partial charge < -0.3 is 12.8 Å². The zero-order valence-corrected chi connectivity index (χ0v) is 7.76. The molecular formula is C7H16V. The number of hydrogen-bond donors (Lipinski definition) is 0. The van der Waals surface area contributed by atoms with Crippen LogP contribution in [-0.2, 0) is 18.6 Å². The molecule has 0 bridgehead atoms. The first-order valence-electron chi connectivity index (χ1n) is 2.71. The van der Waals surface area contributed by atoms with Crippen molar-refractivity contribution in [1.82, 2.24) is 0 Å². The maximum atomic E-state index is 3.49. The average molecular weight is 151 g/mol. The molecule has 0 N–H and O–H groups in total. The van der Waals surface area contributed by atoms with Gasteiger partial charge in [-0.15, -0.1) is 0 Å². The van der Waals surface area contributed by atoms with Gasteiger partial charge in [0.1, 0.15) is 0 Å². The van der Waals surface area contributed by atoms with Crippen LogP contribution in [0.4, 0.5) is 0 Å². The van der Waals surface area contributed by atoms with E-state index in [-0.39, 0.29) is 18.6 Å². The van der Waals surface area contributed by atoms with Crippen molar-refractivity contribution in [2.24, 2.45) is 0 Å². The van der Waals surface area contributed by atoms with Crippen molar-refractivity contribution in [3.8, 4) is 0 Å². The van der Waals surface area contributed by atoms with Crippen LogP contribution in [0, 0.1) is 12.8 Å². The molecule has 0 aliphatic heterocycles. The third-order valence-electron chi connectivity index (χ3n) is 0. The summed E-state index contributed by atoms with van der Waals surface area (Å²) in [6, 6.07) is 0. The van der Waals surface area contributed by atoms with E-state index in [9.17, 15) is 0 Å². The van der Waals surface area contributed by atoms with E-state index in [0.29, 0.717) is 0 Å². The smallest absolute Gasteiger partial charge is 0.344 e. The molecule has 0 nitrogen and oxygen atoms in total. The van der Waals surface area contributed by atoms with Gasteiger partial charge in [0.25, 0.3) is 0 Å². The summed E-state index contributed by atoms with van der Waals surface area (Å²) in [5.41, 5.74) is 0. The number of hydrogen-bond acceptors (Lipinski definition) is 0. The van der Waals surface area contributed by atoms with E-state index >= 15 is 0 Å². The summed E-state index contributed by atoms with van der Waals surface area (Å²) in [6.45, 7) is 11.8. The summed E-state index contributed by atoms with van der Waals surface area (Å²) in [4.78, 5) is 0. The van der Waals surface area contributed by atoms with Crippen LogP contribution in [0.15, 0.2) is 0 Å². The molecule has 0 fully saturated rings. The predicted molar refractivity (Wildman–Crippen MR) is 35.9 cm³/mol. The van der Waals surface area contributed by atoms with E-state index in [1.165, 1.54) is 5.92 Å². The SMILES string of the molecule is C[C-](C)C.[CH2-]CC.[V+2]. The van der Waals surface area contributed by atoms with Crippen molar-refractivity contribution in [2.75, 3.05) is 0 Å². The average Bonchev–Trinajstić information content (AvgIpc) is 1.33. The molecule has 0 rings (SSSR count). The van der Waals surface area contributed by atoms with Gasteiger partial charge in [-0.2, -0.15) is 27.2 Å². The van der Waals surface area contributed by atoms with Crippen LogP contribution in [0.3, 0.4) is 0 Å². The van der Waals surface area contributed by atoms with Crippen molar-refractivity contribution in [2.45, 2.75) is 34.1 Å². The van der Waals surface area contributed by atoms with E-state index in [0.717, 1.165) is 6.42 Å². The standard InChI is InChI=1S/C4H9.C3H7.V/c1-4(2)3;1-3-2;/h1-3H3;1,3H2,2H3;/q2*-1;+2. The molecular weight excluding hydrogens is 135 g/mol. The van der Waals surface area contributed by atoms with E-state index < -0.39 is 0 Å². The molecule has 0 saturated carbocycles. The van der Waals surface area contributed by atoms with Crippen molar-refractivity contribution in [3.63, 3.8) is 0 Å². The van der Waals surface area contributed by atoms with Crippen molar-refractivity contribution in [1.29, 1.82) is 0 Å². The van der Waals surface area contributed by atoms with Gasteiger partial charge in [0.2, 0.25) is 0 Å². The fourth-order valence-electron chi connectivity index (χ4n) is 0. The van der Waals surface area contributed by atoms with Crippen LogP contribution in [-0.4, -0.2) is 0 Å². The number of rotatable bonds is 0. The maximum absolute atomic E-state index is 3.49. The van der Waals surface area contributed by atoms with Crippen molar-refractivity contribution in [3.05, 3.63) is 12.8 Å². The van der Waals surface area contributed by atoms with E-state index in [2.05, 4.69) is 27.7 Å². The minimum absolute atomic E-state index is 0. The Hall–Kier alpha value is 0.584. The zero-order chi connectivity index (χ0) is 6.28. The molecule has 0 aliphatic carbocycles. The Morgan fingerprint density at radius 3 is 1.25 bits per heavy atom. The second-order valence-electron chi connectivity index (χ2n) is 2.00. The van der Waals surface area contributed by atoms with Crippen LogP contribution in [0.5, 0.6) is 0 Å². The fourth-order valence-corrected chi connectivity index (χ4v) is 0. The minimum Gasteiger partial charge on any atom is -0.344 e. The first-order valence-corrected chi connectivity index (χ1v) is 2.71. The fraction of sp³-hybridized carbons (Fsp3) is 0.714. The molecule has 49 valence electrons. The van der Waals surface area contributed by atoms with Gasteiger partial charge in [-0.3, -0.25) is 0 Å². The van der Waals surface area contributed by atoms with Gasteiger partial charge >= 0.3 is 18.6 Å². The van der Waals surface area contributed by atoms with Gasteiger partial charge in [-0.05, 0) is 0 Å². The van der Waals surface area contributed by atoms with Crippen molar-refractivity contribution >= 4 is 0 Å². The first-order chi connectivity index (χ1) is 3.15. The third-order valence-corrected chi connectivity index (χ3v) is 0. The Morgan fingerprint density at radius 2 is 1.25 bits per heavy atom. The van der Waals surface area contributed by atoms with Crippen LogP contribution >= 0.6 is 0 Å². The minimum atomic E-state index is 0. The molecule has 1 heteroatoms. The molecule has 0 saturated heterocycles. The molecule has 0 amide bonds. The molecule has 0 unspecified atom stereocenters. The van der Waals surface area contributed by atoms with Gasteiger partial charge in [-0.25, -0.2) is 0 Å². The summed E-state index contributed by atoms with van der Waals surface area (Å²) < 4.78 is 0. The van der Waals surface area contributed by atoms with Crippen LogP contribution in [0.1, 0.15) is 34.1 Å². The summed E-state index contributed by atoms with van der Waals surface area (Å²) in [7, 11) is 0. The van der Waals surface area contributed by atoms with E-state index in [1.807, 2.05) is 6.92 Å². The molecule has 0 aromatic heterocycles. The molecule has 1 radical (unpaired) electrons. The zero-order valence-electron chi connectivity index (χ0n) is 6.36. The van der Waals surface area contributed by atoms with Crippen LogP contribution in [0.25, 0.3) is 0 Å². The Balaban J connectivity index is -0.0000000575. The van der Waals surface area contributed by atoms with E-state index in [1.54, 1.807) is 0 Å². The Labute approximate surface area is 65.9 Å². The maximum Gasteiger partial charge on any atom is 2.00 e. The summed E-state index contributed by atoms with van der Waals surface area (Å²) >= 11 is 0. The van der Waals surface area contributed by atoms with Crippen LogP contribution < -0.4 is 0 Å². The van der Waals surface area contributed by atoms with Gasteiger partial charge in [0.05, 0.1) is 0 Å². The predicted octanol–water partition coefficient (Wildman–Crippen LogP) is 2.85. The Bertz CT molecular complexity index is 15.6. The summed E-state index contributed by atoms with van der Waals surface area (Å²) in [6.07, 6.45) is 1.00. The van der Waals surface area contributed by atoms with Gasteiger partial charge in [-0.1, -0.05) is 6.92 Å². The third kappa shape index (κ3) is 601. The Kier molecular flexibility index (Phi) is 31.0. The van der Waals surface area contributed by atoms with Crippen molar-refractivity contribution < 1.29 is 18.6 Å². The largest absolute Gasteiger partial charge is 2.00 e. The molecule has 0 aliphatic rings. The molecule has 8 heavy (non-hydrogen) atoms. The quantitative estimate of drug-likeness (QED) is 0.467. The van der Waals surface area contributed by atoms with Gasteiger partial charge in [0.15, 0.2) is 0 Å².